The van der Waals surface area contributed by atoms with E-state index < -0.39 is 6.10 Å². The van der Waals surface area contributed by atoms with Crippen LogP contribution in [0.5, 0.6) is 5.75 Å². The van der Waals surface area contributed by atoms with Crippen LogP contribution in [0.25, 0.3) is 0 Å². The number of methoxy groups -OCH3 is 1. The van der Waals surface area contributed by atoms with E-state index in [0.29, 0.717) is 12.6 Å². The highest BCUT2D eigenvalue weighted by Gasteiger charge is 2.23. The van der Waals surface area contributed by atoms with Crippen LogP contribution in [0.1, 0.15) is 37.9 Å². The highest BCUT2D eigenvalue weighted by molar-refractivity contribution is 5.28. The summed E-state index contributed by atoms with van der Waals surface area (Å²) in [7, 11) is 1.65. The van der Waals surface area contributed by atoms with E-state index in [1.807, 2.05) is 24.3 Å². The van der Waals surface area contributed by atoms with E-state index in [0.717, 1.165) is 17.2 Å². The fourth-order valence-electron chi connectivity index (χ4n) is 2.19. The summed E-state index contributed by atoms with van der Waals surface area (Å²) in [5.74, 6) is 1.74. The molecule has 2 N–H and O–H groups in total. The third-order valence-corrected chi connectivity index (χ3v) is 3.54. The summed E-state index contributed by atoms with van der Waals surface area (Å²) < 4.78 is 5.10. The predicted molar refractivity (Wildman–Crippen MR) is 72.8 cm³/mol. The van der Waals surface area contributed by atoms with Crippen LogP contribution in [-0.2, 0) is 0 Å². The molecular formula is C15H23NO2. The van der Waals surface area contributed by atoms with Gasteiger partial charge < -0.3 is 15.2 Å². The molecule has 0 aromatic heterocycles. The van der Waals surface area contributed by atoms with E-state index in [9.17, 15) is 5.11 Å². The molecule has 2 unspecified atom stereocenters. The lowest BCUT2D eigenvalue weighted by atomic mass is 10.1. The van der Waals surface area contributed by atoms with Gasteiger partial charge in [-0.05, 0) is 37.0 Å². The van der Waals surface area contributed by atoms with E-state index in [-0.39, 0.29) is 0 Å². The Morgan fingerprint density at radius 2 is 2.00 bits per heavy atom. The van der Waals surface area contributed by atoms with Gasteiger partial charge >= 0.3 is 0 Å². The molecule has 0 radical (unpaired) electrons. The number of aliphatic hydroxyl groups is 1. The first kappa shape index (κ1) is 13.4. The first-order valence-corrected chi connectivity index (χ1v) is 6.74. The summed E-state index contributed by atoms with van der Waals surface area (Å²) in [6.07, 6.45) is 3.55. The lowest BCUT2D eigenvalue weighted by Gasteiger charge is -2.17. The van der Waals surface area contributed by atoms with Crippen LogP contribution in [-0.4, -0.2) is 24.8 Å². The molecule has 1 aliphatic carbocycles. The van der Waals surface area contributed by atoms with Gasteiger partial charge in [-0.3, -0.25) is 0 Å². The van der Waals surface area contributed by atoms with Gasteiger partial charge in [0.2, 0.25) is 0 Å². The van der Waals surface area contributed by atoms with Crippen LogP contribution < -0.4 is 10.1 Å². The van der Waals surface area contributed by atoms with E-state index in [1.165, 1.54) is 19.3 Å². The summed E-state index contributed by atoms with van der Waals surface area (Å²) in [5, 5.41) is 13.5. The van der Waals surface area contributed by atoms with Crippen LogP contribution in [0.15, 0.2) is 24.3 Å². The molecule has 0 amide bonds. The SMILES string of the molecule is COc1ccc(C(O)CNC(C)CC2CC2)cc1. The van der Waals surface area contributed by atoms with Gasteiger partial charge in [-0.1, -0.05) is 25.0 Å². The molecule has 1 saturated carbocycles. The Hall–Kier alpha value is -1.06. The van der Waals surface area contributed by atoms with Crippen LogP contribution in [0.3, 0.4) is 0 Å². The normalized spacial score (nSPS) is 18.4. The van der Waals surface area contributed by atoms with E-state index in [2.05, 4.69) is 12.2 Å². The lowest BCUT2D eigenvalue weighted by molar-refractivity contribution is 0.169. The summed E-state index contributed by atoms with van der Waals surface area (Å²) in [4.78, 5) is 0. The maximum atomic E-state index is 10.1. The summed E-state index contributed by atoms with van der Waals surface area (Å²) in [6.45, 7) is 2.80. The van der Waals surface area contributed by atoms with Crippen LogP contribution in [0.4, 0.5) is 0 Å². The monoisotopic (exact) mass is 249 g/mol. The maximum absolute atomic E-state index is 10.1. The molecule has 3 heteroatoms. The van der Waals surface area contributed by atoms with Crippen molar-refractivity contribution in [2.45, 2.75) is 38.3 Å². The molecule has 2 atom stereocenters. The van der Waals surface area contributed by atoms with Gasteiger partial charge in [0, 0.05) is 12.6 Å². The zero-order chi connectivity index (χ0) is 13.0. The molecule has 100 valence electrons. The topological polar surface area (TPSA) is 41.5 Å². The van der Waals surface area contributed by atoms with Crippen molar-refractivity contribution in [2.24, 2.45) is 5.92 Å². The molecule has 0 heterocycles. The number of hydrogen-bond donors (Lipinski definition) is 2. The number of nitrogens with one attached hydrogen (secondary N) is 1. The van der Waals surface area contributed by atoms with Crippen LogP contribution in [0.2, 0.25) is 0 Å². The molecule has 1 fully saturated rings. The highest BCUT2D eigenvalue weighted by atomic mass is 16.5. The second-order valence-electron chi connectivity index (χ2n) is 5.28. The molecule has 1 aliphatic rings. The molecular weight excluding hydrogens is 226 g/mol. The standard InChI is InChI=1S/C15H23NO2/c1-11(9-12-3-4-12)16-10-15(17)13-5-7-14(18-2)8-6-13/h5-8,11-12,15-17H,3-4,9-10H2,1-2H3. The number of aliphatic hydroxyl groups excluding tert-OH is 1. The van der Waals surface area contributed by atoms with Crippen molar-refractivity contribution in [2.75, 3.05) is 13.7 Å². The first-order chi connectivity index (χ1) is 8.69. The summed E-state index contributed by atoms with van der Waals surface area (Å²) >= 11 is 0. The quantitative estimate of drug-likeness (QED) is 0.780. The van der Waals surface area contributed by atoms with Crippen molar-refractivity contribution in [3.63, 3.8) is 0 Å². The average Bonchev–Trinajstić information content (AvgIpc) is 3.20. The van der Waals surface area contributed by atoms with Crippen molar-refractivity contribution >= 4 is 0 Å². The van der Waals surface area contributed by atoms with E-state index in [1.54, 1.807) is 7.11 Å². The molecule has 0 spiro atoms. The first-order valence-electron chi connectivity index (χ1n) is 6.74. The third-order valence-electron chi connectivity index (χ3n) is 3.54. The second kappa shape index (κ2) is 6.21. The number of rotatable bonds is 7. The minimum Gasteiger partial charge on any atom is -0.497 e. The largest absolute Gasteiger partial charge is 0.497 e. The van der Waals surface area contributed by atoms with Gasteiger partial charge in [-0.25, -0.2) is 0 Å². The van der Waals surface area contributed by atoms with Gasteiger partial charge in [0.15, 0.2) is 0 Å². The predicted octanol–water partition coefficient (Wildman–Crippen LogP) is 2.51. The molecule has 3 nitrogen and oxygen atoms in total. The van der Waals surface area contributed by atoms with Gasteiger partial charge in [0.1, 0.15) is 5.75 Å². The average molecular weight is 249 g/mol. The number of ether oxygens (including phenoxy) is 1. The molecule has 0 saturated heterocycles. The molecule has 1 aromatic rings. The summed E-state index contributed by atoms with van der Waals surface area (Å²) in [6, 6.07) is 8.08. The van der Waals surface area contributed by atoms with Gasteiger partial charge in [-0.2, -0.15) is 0 Å². The van der Waals surface area contributed by atoms with E-state index in [4.69, 9.17) is 4.74 Å². The van der Waals surface area contributed by atoms with Gasteiger partial charge in [-0.15, -0.1) is 0 Å². The Balaban J connectivity index is 1.76. The Bertz CT molecular complexity index is 359. The zero-order valence-corrected chi connectivity index (χ0v) is 11.2. The minimum atomic E-state index is -0.447. The third kappa shape index (κ3) is 4.00. The molecule has 0 bridgehead atoms. The van der Waals surface area contributed by atoms with Crippen molar-refractivity contribution in [1.29, 1.82) is 0 Å². The van der Waals surface area contributed by atoms with Crippen molar-refractivity contribution < 1.29 is 9.84 Å². The Morgan fingerprint density at radius 1 is 1.33 bits per heavy atom. The molecule has 1 aromatic carbocycles. The van der Waals surface area contributed by atoms with Gasteiger partial charge in [0.25, 0.3) is 0 Å². The smallest absolute Gasteiger partial charge is 0.118 e. The fraction of sp³-hybridized carbons (Fsp3) is 0.600. The fourth-order valence-corrected chi connectivity index (χ4v) is 2.19. The second-order valence-corrected chi connectivity index (χ2v) is 5.28. The molecule has 18 heavy (non-hydrogen) atoms. The zero-order valence-electron chi connectivity index (χ0n) is 11.2. The Kier molecular flexibility index (Phi) is 4.61. The number of hydrogen-bond acceptors (Lipinski definition) is 3. The lowest BCUT2D eigenvalue weighted by Crippen LogP contribution is -2.30. The Morgan fingerprint density at radius 3 is 2.56 bits per heavy atom. The van der Waals surface area contributed by atoms with Crippen molar-refractivity contribution in [3.8, 4) is 5.75 Å². The highest BCUT2D eigenvalue weighted by Crippen LogP contribution is 2.33. The van der Waals surface area contributed by atoms with Gasteiger partial charge in [0.05, 0.1) is 13.2 Å². The van der Waals surface area contributed by atoms with Crippen molar-refractivity contribution in [1.82, 2.24) is 5.32 Å². The van der Waals surface area contributed by atoms with Crippen LogP contribution >= 0.6 is 0 Å². The number of benzene rings is 1. The Labute approximate surface area is 109 Å². The van der Waals surface area contributed by atoms with Crippen LogP contribution in [0, 0.1) is 5.92 Å². The summed E-state index contributed by atoms with van der Waals surface area (Å²) in [5.41, 5.74) is 0.932. The molecule has 2 rings (SSSR count). The minimum absolute atomic E-state index is 0.447. The maximum Gasteiger partial charge on any atom is 0.118 e. The van der Waals surface area contributed by atoms with Crippen molar-refractivity contribution in [3.05, 3.63) is 29.8 Å². The molecule has 0 aliphatic heterocycles. The van der Waals surface area contributed by atoms with E-state index >= 15 is 0 Å².